The highest BCUT2D eigenvalue weighted by Gasteiger charge is 2.23. The van der Waals surface area contributed by atoms with E-state index in [0.29, 0.717) is 6.61 Å². The standard InChI is InChI=1S/C13H17BrO2/c1-9-5-11(7-12(14)6-9)13(15)10-3-2-4-16-8-10/h5-7,10,13,15H,2-4,8H2,1H3. The molecule has 1 aromatic carbocycles. The van der Waals surface area contributed by atoms with Gasteiger partial charge >= 0.3 is 0 Å². The van der Waals surface area contributed by atoms with Crippen LogP contribution in [-0.2, 0) is 4.74 Å². The van der Waals surface area contributed by atoms with Gasteiger partial charge in [-0.25, -0.2) is 0 Å². The number of hydrogen-bond donors (Lipinski definition) is 1. The number of aliphatic hydroxyl groups excluding tert-OH is 1. The Labute approximate surface area is 105 Å². The second-order valence-electron chi connectivity index (χ2n) is 4.48. The molecular formula is C13H17BrO2. The summed E-state index contributed by atoms with van der Waals surface area (Å²) in [6.07, 6.45) is 1.69. The summed E-state index contributed by atoms with van der Waals surface area (Å²) in [7, 11) is 0. The van der Waals surface area contributed by atoms with E-state index in [1.165, 1.54) is 5.56 Å². The molecular weight excluding hydrogens is 268 g/mol. The van der Waals surface area contributed by atoms with Crippen LogP contribution in [0.2, 0.25) is 0 Å². The van der Waals surface area contributed by atoms with E-state index < -0.39 is 6.10 Å². The van der Waals surface area contributed by atoms with Crippen molar-refractivity contribution in [2.45, 2.75) is 25.9 Å². The Kier molecular flexibility index (Phi) is 4.00. The van der Waals surface area contributed by atoms with E-state index >= 15 is 0 Å². The summed E-state index contributed by atoms with van der Waals surface area (Å²) in [4.78, 5) is 0. The number of aryl methyl sites for hydroxylation is 1. The molecule has 1 aliphatic rings. The monoisotopic (exact) mass is 284 g/mol. The Balaban J connectivity index is 2.15. The lowest BCUT2D eigenvalue weighted by Crippen LogP contribution is -2.23. The molecule has 0 radical (unpaired) electrons. The van der Waals surface area contributed by atoms with Gasteiger partial charge in [-0.15, -0.1) is 0 Å². The summed E-state index contributed by atoms with van der Waals surface area (Å²) in [5, 5.41) is 10.3. The maximum absolute atomic E-state index is 10.3. The molecule has 1 aromatic rings. The van der Waals surface area contributed by atoms with Gasteiger partial charge in [0.2, 0.25) is 0 Å². The van der Waals surface area contributed by atoms with E-state index in [1.54, 1.807) is 0 Å². The van der Waals surface area contributed by atoms with Gasteiger partial charge in [-0.1, -0.05) is 22.0 Å². The third-order valence-corrected chi connectivity index (χ3v) is 3.51. The van der Waals surface area contributed by atoms with Crippen LogP contribution >= 0.6 is 15.9 Å². The van der Waals surface area contributed by atoms with Gasteiger partial charge in [-0.2, -0.15) is 0 Å². The van der Waals surface area contributed by atoms with Crippen molar-refractivity contribution >= 4 is 15.9 Å². The van der Waals surface area contributed by atoms with E-state index in [2.05, 4.69) is 15.9 Å². The molecule has 0 aliphatic carbocycles. The Hall–Kier alpha value is -0.380. The van der Waals surface area contributed by atoms with E-state index in [0.717, 1.165) is 29.5 Å². The Bertz CT molecular complexity index is 339. The van der Waals surface area contributed by atoms with Crippen molar-refractivity contribution in [1.29, 1.82) is 0 Å². The summed E-state index contributed by atoms with van der Waals surface area (Å²) >= 11 is 3.46. The topological polar surface area (TPSA) is 29.5 Å². The number of hydrogen-bond acceptors (Lipinski definition) is 2. The fraction of sp³-hybridized carbons (Fsp3) is 0.538. The molecule has 0 bridgehead atoms. The van der Waals surface area contributed by atoms with Crippen molar-refractivity contribution < 1.29 is 9.84 Å². The average Bonchev–Trinajstić information content (AvgIpc) is 2.28. The minimum atomic E-state index is -0.406. The summed E-state index contributed by atoms with van der Waals surface area (Å²) < 4.78 is 6.44. The van der Waals surface area contributed by atoms with Crippen molar-refractivity contribution in [2.75, 3.05) is 13.2 Å². The molecule has 1 fully saturated rings. The zero-order valence-electron chi connectivity index (χ0n) is 9.45. The van der Waals surface area contributed by atoms with E-state index in [1.807, 2.05) is 25.1 Å². The predicted octanol–water partition coefficient (Wildman–Crippen LogP) is 3.22. The van der Waals surface area contributed by atoms with Crippen molar-refractivity contribution in [1.82, 2.24) is 0 Å². The molecule has 3 heteroatoms. The first kappa shape index (κ1) is 12.1. The second kappa shape index (κ2) is 5.30. The van der Waals surface area contributed by atoms with Crippen molar-refractivity contribution in [3.05, 3.63) is 33.8 Å². The number of halogens is 1. The molecule has 2 rings (SSSR count). The van der Waals surface area contributed by atoms with E-state index in [9.17, 15) is 5.11 Å². The van der Waals surface area contributed by atoms with Gasteiger partial charge in [-0.3, -0.25) is 0 Å². The summed E-state index contributed by atoms with van der Waals surface area (Å²) in [6.45, 7) is 3.55. The molecule has 1 aliphatic heterocycles. The van der Waals surface area contributed by atoms with Crippen LogP contribution in [0, 0.1) is 12.8 Å². The van der Waals surface area contributed by atoms with Crippen LogP contribution in [-0.4, -0.2) is 18.3 Å². The van der Waals surface area contributed by atoms with Crippen LogP contribution in [0.1, 0.15) is 30.1 Å². The molecule has 2 atom stereocenters. The molecule has 0 aromatic heterocycles. The zero-order valence-corrected chi connectivity index (χ0v) is 11.0. The lowest BCUT2D eigenvalue weighted by Gasteiger charge is -2.27. The number of ether oxygens (including phenoxy) is 1. The Morgan fingerprint density at radius 2 is 2.25 bits per heavy atom. The zero-order chi connectivity index (χ0) is 11.5. The average molecular weight is 285 g/mol. The van der Waals surface area contributed by atoms with Crippen molar-refractivity contribution in [3.63, 3.8) is 0 Å². The van der Waals surface area contributed by atoms with E-state index in [-0.39, 0.29) is 5.92 Å². The van der Waals surface area contributed by atoms with Gasteiger partial charge in [-0.05, 0) is 43.0 Å². The molecule has 0 spiro atoms. The summed E-state index contributed by atoms with van der Waals surface area (Å²) in [6, 6.07) is 6.09. The van der Waals surface area contributed by atoms with Gasteiger partial charge in [0.1, 0.15) is 0 Å². The molecule has 1 heterocycles. The summed E-state index contributed by atoms with van der Waals surface area (Å²) in [5.41, 5.74) is 2.16. The highest BCUT2D eigenvalue weighted by Crippen LogP contribution is 2.30. The molecule has 16 heavy (non-hydrogen) atoms. The molecule has 0 amide bonds. The largest absolute Gasteiger partial charge is 0.388 e. The van der Waals surface area contributed by atoms with Crippen molar-refractivity contribution in [2.24, 2.45) is 5.92 Å². The maximum atomic E-state index is 10.3. The first-order valence-corrected chi connectivity index (χ1v) is 6.49. The fourth-order valence-corrected chi connectivity index (χ4v) is 2.85. The lowest BCUT2D eigenvalue weighted by atomic mass is 9.90. The van der Waals surface area contributed by atoms with Crippen LogP contribution in [0.25, 0.3) is 0 Å². The number of benzene rings is 1. The number of rotatable bonds is 2. The molecule has 2 unspecified atom stereocenters. The fourth-order valence-electron chi connectivity index (χ4n) is 2.22. The summed E-state index contributed by atoms with van der Waals surface area (Å²) in [5.74, 6) is 0.238. The molecule has 1 N–H and O–H groups in total. The number of aliphatic hydroxyl groups is 1. The second-order valence-corrected chi connectivity index (χ2v) is 5.40. The first-order valence-electron chi connectivity index (χ1n) is 5.70. The third-order valence-electron chi connectivity index (χ3n) is 3.05. The maximum Gasteiger partial charge on any atom is 0.0840 e. The molecule has 2 nitrogen and oxygen atoms in total. The van der Waals surface area contributed by atoms with Gasteiger partial charge < -0.3 is 9.84 Å². The van der Waals surface area contributed by atoms with Crippen LogP contribution in [0.15, 0.2) is 22.7 Å². The quantitative estimate of drug-likeness (QED) is 0.904. The minimum Gasteiger partial charge on any atom is -0.388 e. The lowest BCUT2D eigenvalue weighted by molar-refractivity contribution is -0.01000. The van der Waals surface area contributed by atoms with Crippen LogP contribution in [0.3, 0.4) is 0 Å². The van der Waals surface area contributed by atoms with Gasteiger partial charge in [0.15, 0.2) is 0 Å². The SMILES string of the molecule is Cc1cc(Br)cc(C(O)C2CCCOC2)c1. The Morgan fingerprint density at radius 1 is 1.44 bits per heavy atom. The van der Waals surface area contributed by atoms with Crippen LogP contribution in [0.5, 0.6) is 0 Å². The van der Waals surface area contributed by atoms with Crippen LogP contribution < -0.4 is 0 Å². The highest BCUT2D eigenvalue weighted by molar-refractivity contribution is 9.10. The normalized spacial score (nSPS) is 23.1. The molecule has 0 saturated carbocycles. The predicted molar refractivity (Wildman–Crippen MR) is 67.4 cm³/mol. The van der Waals surface area contributed by atoms with Crippen LogP contribution in [0.4, 0.5) is 0 Å². The first-order chi connectivity index (χ1) is 7.66. The van der Waals surface area contributed by atoms with Gasteiger partial charge in [0.25, 0.3) is 0 Å². The highest BCUT2D eigenvalue weighted by atomic mass is 79.9. The van der Waals surface area contributed by atoms with Gasteiger partial charge in [0, 0.05) is 17.0 Å². The molecule has 1 saturated heterocycles. The smallest absolute Gasteiger partial charge is 0.0840 e. The van der Waals surface area contributed by atoms with E-state index in [4.69, 9.17) is 4.74 Å². The molecule has 88 valence electrons. The Morgan fingerprint density at radius 3 is 2.88 bits per heavy atom. The van der Waals surface area contributed by atoms with Gasteiger partial charge in [0.05, 0.1) is 12.7 Å². The van der Waals surface area contributed by atoms with Crippen molar-refractivity contribution in [3.8, 4) is 0 Å². The minimum absolute atomic E-state index is 0.238. The third kappa shape index (κ3) is 2.84.